The monoisotopic (exact) mass is 287 g/mol. The molecule has 0 aliphatic carbocycles. The van der Waals surface area contributed by atoms with E-state index < -0.39 is 0 Å². The van der Waals surface area contributed by atoms with Crippen LogP contribution in [0.3, 0.4) is 0 Å². The summed E-state index contributed by atoms with van der Waals surface area (Å²) in [4.78, 5) is 17.3. The van der Waals surface area contributed by atoms with Crippen molar-refractivity contribution < 1.29 is 9.53 Å². The molecule has 2 aromatic rings. The molecule has 0 fully saturated rings. The predicted molar refractivity (Wildman–Crippen MR) is 81.6 cm³/mol. The van der Waals surface area contributed by atoms with Crippen LogP contribution in [-0.2, 0) is 0 Å². The molecule has 0 amide bonds. The van der Waals surface area contributed by atoms with Crippen molar-refractivity contribution in [1.29, 1.82) is 0 Å². The van der Waals surface area contributed by atoms with Gasteiger partial charge in [0.15, 0.2) is 5.78 Å². The summed E-state index contributed by atoms with van der Waals surface area (Å²) in [6, 6.07) is 9.90. The lowest BCUT2D eigenvalue weighted by Gasteiger charge is -2.05. The molecule has 0 aliphatic heterocycles. The van der Waals surface area contributed by atoms with Gasteiger partial charge < -0.3 is 4.74 Å². The minimum absolute atomic E-state index is 0.0598. The van der Waals surface area contributed by atoms with E-state index in [0.717, 1.165) is 4.90 Å². The van der Waals surface area contributed by atoms with E-state index >= 15 is 0 Å². The number of aryl methyl sites for hydroxylation is 1. The molecule has 3 nitrogen and oxygen atoms in total. The summed E-state index contributed by atoms with van der Waals surface area (Å²) < 4.78 is 5.35. The average Bonchev–Trinajstić information content (AvgIpc) is 2.47. The molecule has 0 saturated carbocycles. The van der Waals surface area contributed by atoms with E-state index in [-0.39, 0.29) is 5.78 Å². The smallest absolute Gasteiger partial charge is 0.174 e. The number of thioether (sulfide) groups is 1. The summed E-state index contributed by atoms with van der Waals surface area (Å²) in [5.74, 6) is 1.10. The van der Waals surface area contributed by atoms with Crippen LogP contribution in [-0.4, -0.2) is 23.1 Å². The van der Waals surface area contributed by atoms with E-state index in [2.05, 4.69) is 4.98 Å². The maximum atomic E-state index is 12.1. The van der Waals surface area contributed by atoms with E-state index in [0.29, 0.717) is 23.7 Å². The number of hydrogen-bond acceptors (Lipinski definition) is 4. The zero-order valence-corrected chi connectivity index (χ0v) is 12.4. The van der Waals surface area contributed by atoms with Crippen molar-refractivity contribution in [3.05, 3.63) is 53.9 Å². The van der Waals surface area contributed by atoms with E-state index in [4.69, 9.17) is 4.74 Å². The third-order valence-corrected chi connectivity index (χ3v) is 3.75. The molecule has 104 valence electrons. The largest absolute Gasteiger partial charge is 0.492 e. The normalized spacial score (nSPS) is 10.3. The van der Waals surface area contributed by atoms with Gasteiger partial charge in [0.1, 0.15) is 5.75 Å². The summed E-state index contributed by atoms with van der Waals surface area (Å²) in [5.41, 5.74) is 1.81. The van der Waals surface area contributed by atoms with Gasteiger partial charge in [-0.3, -0.25) is 9.78 Å². The van der Waals surface area contributed by atoms with Crippen LogP contribution < -0.4 is 4.74 Å². The Morgan fingerprint density at radius 3 is 2.70 bits per heavy atom. The topological polar surface area (TPSA) is 39.2 Å². The molecule has 1 aromatic heterocycles. The van der Waals surface area contributed by atoms with Crippen molar-refractivity contribution in [1.82, 2.24) is 4.98 Å². The lowest BCUT2D eigenvalue weighted by Crippen LogP contribution is -2.04. The summed E-state index contributed by atoms with van der Waals surface area (Å²) in [7, 11) is 0. The quantitative estimate of drug-likeness (QED) is 0.599. The zero-order valence-electron chi connectivity index (χ0n) is 11.6. The second-order valence-electron chi connectivity index (χ2n) is 4.37. The molecule has 1 aromatic carbocycles. The van der Waals surface area contributed by atoms with Gasteiger partial charge >= 0.3 is 0 Å². The Morgan fingerprint density at radius 1 is 1.25 bits per heavy atom. The first kappa shape index (κ1) is 14.6. The van der Waals surface area contributed by atoms with Crippen LogP contribution in [0.2, 0.25) is 0 Å². The number of carbonyl (C=O) groups excluding carboxylic acids is 1. The second-order valence-corrected chi connectivity index (χ2v) is 5.42. The number of pyridine rings is 1. The highest BCUT2D eigenvalue weighted by atomic mass is 32.2. The number of nitrogens with zero attached hydrogens (tertiary/aromatic N) is 1. The molecule has 0 bridgehead atoms. The minimum Gasteiger partial charge on any atom is -0.492 e. The van der Waals surface area contributed by atoms with Crippen LogP contribution in [0.25, 0.3) is 0 Å². The SMILES string of the molecule is CCOc1cncc(C(=O)CSc2ccc(C)cc2)c1. The molecule has 4 heteroatoms. The number of ketones is 1. The van der Waals surface area contributed by atoms with Gasteiger partial charge in [0, 0.05) is 16.7 Å². The van der Waals surface area contributed by atoms with Gasteiger partial charge in [-0.05, 0) is 32.0 Å². The summed E-state index contributed by atoms with van der Waals surface area (Å²) in [6.45, 7) is 4.52. The number of carbonyl (C=O) groups is 1. The van der Waals surface area contributed by atoms with Crippen LogP contribution in [0, 0.1) is 6.92 Å². The lowest BCUT2D eigenvalue weighted by atomic mass is 10.2. The third-order valence-electron chi connectivity index (χ3n) is 2.74. The molecular weight excluding hydrogens is 270 g/mol. The van der Waals surface area contributed by atoms with Gasteiger partial charge in [-0.25, -0.2) is 0 Å². The Balaban J connectivity index is 1.97. The number of hydrogen-bond donors (Lipinski definition) is 0. The van der Waals surface area contributed by atoms with Gasteiger partial charge in [-0.2, -0.15) is 0 Å². The van der Waals surface area contributed by atoms with Crippen molar-refractivity contribution >= 4 is 17.5 Å². The number of Topliss-reactive ketones (excluding diaryl/α,β-unsaturated/α-hetero) is 1. The van der Waals surface area contributed by atoms with Crippen molar-refractivity contribution in [3.63, 3.8) is 0 Å². The molecule has 0 atom stereocenters. The fourth-order valence-electron chi connectivity index (χ4n) is 1.68. The Kier molecular flexibility index (Phi) is 5.18. The van der Waals surface area contributed by atoms with Gasteiger partial charge in [-0.15, -0.1) is 11.8 Å². The maximum Gasteiger partial charge on any atom is 0.174 e. The molecule has 0 aliphatic rings. The summed E-state index contributed by atoms with van der Waals surface area (Å²) in [5, 5.41) is 0. The number of rotatable bonds is 6. The highest BCUT2D eigenvalue weighted by Crippen LogP contribution is 2.20. The van der Waals surface area contributed by atoms with Crippen LogP contribution in [0.4, 0.5) is 0 Å². The summed E-state index contributed by atoms with van der Waals surface area (Å²) in [6.07, 6.45) is 3.20. The Bertz CT molecular complexity index is 581. The van der Waals surface area contributed by atoms with Crippen molar-refractivity contribution in [2.24, 2.45) is 0 Å². The first-order valence-corrected chi connectivity index (χ1v) is 7.48. The highest BCUT2D eigenvalue weighted by Gasteiger charge is 2.08. The van der Waals surface area contributed by atoms with Gasteiger partial charge in [0.05, 0.1) is 18.6 Å². The number of aromatic nitrogens is 1. The predicted octanol–water partition coefficient (Wildman–Crippen LogP) is 3.76. The molecule has 1 heterocycles. The van der Waals surface area contributed by atoms with Crippen LogP contribution in [0.1, 0.15) is 22.8 Å². The van der Waals surface area contributed by atoms with Crippen molar-refractivity contribution in [2.75, 3.05) is 12.4 Å². The summed E-state index contributed by atoms with van der Waals surface area (Å²) >= 11 is 1.53. The molecule has 0 saturated heterocycles. The van der Waals surface area contributed by atoms with Crippen molar-refractivity contribution in [2.45, 2.75) is 18.7 Å². The van der Waals surface area contributed by atoms with E-state index in [1.165, 1.54) is 17.3 Å². The molecular formula is C16H17NO2S. The first-order valence-electron chi connectivity index (χ1n) is 6.49. The fourth-order valence-corrected chi connectivity index (χ4v) is 2.48. The molecule has 20 heavy (non-hydrogen) atoms. The molecule has 2 rings (SSSR count). The number of benzene rings is 1. The maximum absolute atomic E-state index is 12.1. The Morgan fingerprint density at radius 2 is 2.00 bits per heavy atom. The van der Waals surface area contributed by atoms with Gasteiger partial charge in [0.2, 0.25) is 0 Å². The van der Waals surface area contributed by atoms with Crippen LogP contribution in [0.15, 0.2) is 47.6 Å². The average molecular weight is 287 g/mol. The lowest BCUT2D eigenvalue weighted by molar-refractivity contribution is 0.102. The molecule has 0 spiro atoms. The Labute approximate surface area is 123 Å². The minimum atomic E-state index is 0.0598. The fraction of sp³-hybridized carbons (Fsp3) is 0.250. The van der Waals surface area contributed by atoms with E-state index in [1.54, 1.807) is 18.5 Å². The number of ether oxygens (including phenoxy) is 1. The first-order chi connectivity index (χ1) is 9.69. The van der Waals surface area contributed by atoms with Crippen LogP contribution in [0.5, 0.6) is 5.75 Å². The van der Waals surface area contributed by atoms with Crippen molar-refractivity contribution in [3.8, 4) is 5.75 Å². The van der Waals surface area contributed by atoms with Gasteiger partial charge in [-0.1, -0.05) is 17.7 Å². The Hall–Kier alpha value is -1.81. The standard InChI is InChI=1S/C16H17NO2S/c1-3-19-14-8-13(9-17-10-14)16(18)11-20-15-6-4-12(2)5-7-15/h4-10H,3,11H2,1-2H3. The second kappa shape index (κ2) is 7.10. The zero-order chi connectivity index (χ0) is 14.4. The van der Waals surface area contributed by atoms with E-state index in [1.807, 2.05) is 38.1 Å². The highest BCUT2D eigenvalue weighted by molar-refractivity contribution is 8.00. The van der Waals surface area contributed by atoms with E-state index in [9.17, 15) is 4.79 Å². The van der Waals surface area contributed by atoms with Crippen LogP contribution >= 0.6 is 11.8 Å². The third kappa shape index (κ3) is 4.10. The molecule has 0 unspecified atom stereocenters. The molecule has 0 radical (unpaired) electrons. The molecule has 0 N–H and O–H groups in total. The van der Waals surface area contributed by atoms with Gasteiger partial charge in [0.25, 0.3) is 0 Å².